The predicted octanol–water partition coefficient (Wildman–Crippen LogP) is 3.32. The molecule has 180 valence electrons. The maximum atomic E-state index is 14.6. The molecule has 1 aromatic carbocycles. The van der Waals surface area contributed by atoms with E-state index >= 15 is 0 Å². The largest absolute Gasteiger partial charge is 0.351 e. The van der Waals surface area contributed by atoms with Crippen molar-refractivity contribution in [3.8, 4) is 0 Å². The summed E-state index contributed by atoms with van der Waals surface area (Å²) in [6.45, 7) is 1.26. The number of sulfonamides is 1. The fourth-order valence-electron chi connectivity index (χ4n) is 5.09. The van der Waals surface area contributed by atoms with E-state index < -0.39 is 21.7 Å². The van der Waals surface area contributed by atoms with Crippen LogP contribution in [-0.2, 0) is 10.0 Å². The van der Waals surface area contributed by atoms with E-state index in [1.807, 2.05) is 33.6 Å². The van der Waals surface area contributed by atoms with E-state index in [0.717, 1.165) is 36.1 Å². The van der Waals surface area contributed by atoms with Crippen LogP contribution < -0.4 is 10.2 Å². The molecule has 2 aliphatic heterocycles. The standard InChI is InChI=1S/C24H26F2N4O3S/c1-34(32,33)28-13-11-17(15-28)27-24(31)22-10-8-18-4-2-6-23(30(18)22)29-12-3-5-21(29)19-14-16(25)7-9-20(19)26/h2,4,6-10,14,17,21H,3,5,11-13,15H2,1H3,(H,27,31)/t17-,21+/m0/s1. The molecule has 2 aliphatic rings. The quantitative estimate of drug-likeness (QED) is 0.598. The highest BCUT2D eigenvalue weighted by molar-refractivity contribution is 7.88. The molecule has 0 unspecified atom stereocenters. The van der Waals surface area contributed by atoms with E-state index in [-0.39, 0.29) is 24.5 Å². The van der Waals surface area contributed by atoms with Crippen LogP contribution in [0.5, 0.6) is 0 Å². The first-order valence-electron chi connectivity index (χ1n) is 11.3. The molecule has 2 fully saturated rings. The lowest BCUT2D eigenvalue weighted by molar-refractivity contribution is 0.0933. The topological polar surface area (TPSA) is 74.1 Å². The summed E-state index contributed by atoms with van der Waals surface area (Å²) in [5.41, 5.74) is 1.52. The molecule has 1 N–H and O–H groups in total. The molecule has 2 saturated heterocycles. The van der Waals surface area contributed by atoms with Crippen LogP contribution in [0.4, 0.5) is 14.6 Å². The van der Waals surface area contributed by atoms with Gasteiger partial charge in [0.15, 0.2) is 0 Å². The van der Waals surface area contributed by atoms with Crippen LogP contribution in [0.2, 0.25) is 0 Å². The zero-order valence-corrected chi connectivity index (χ0v) is 19.6. The maximum Gasteiger partial charge on any atom is 0.268 e. The number of amides is 1. The number of carbonyl (C=O) groups excluding carboxylic acids is 1. The summed E-state index contributed by atoms with van der Waals surface area (Å²) in [7, 11) is -3.30. The van der Waals surface area contributed by atoms with Crippen molar-refractivity contribution in [1.29, 1.82) is 0 Å². The highest BCUT2D eigenvalue weighted by Crippen LogP contribution is 2.38. The lowest BCUT2D eigenvalue weighted by Crippen LogP contribution is -2.38. The van der Waals surface area contributed by atoms with E-state index in [0.29, 0.717) is 37.2 Å². The molecule has 5 rings (SSSR count). The van der Waals surface area contributed by atoms with Crippen molar-refractivity contribution in [2.75, 3.05) is 30.8 Å². The molecule has 1 amide bonds. The lowest BCUT2D eigenvalue weighted by Gasteiger charge is -2.29. The second-order valence-corrected chi connectivity index (χ2v) is 10.9. The van der Waals surface area contributed by atoms with Gasteiger partial charge >= 0.3 is 0 Å². The number of halogens is 2. The van der Waals surface area contributed by atoms with Crippen molar-refractivity contribution in [1.82, 2.24) is 14.0 Å². The van der Waals surface area contributed by atoms with E-state index in [1.165, 1.54) is 10.4 Å². The number of aromatic nitrogens is 1. The lowest BCUT2D eigenvalue weighted by atomic mass is 10.0. The Morgan fingerprint density at radius 2 is 1.88 bits per heavy atom. The predicted molar refractivity (Wildman–Crippen MR) is 125 cm³/mol. The first-order valence-corrected chi connectivity index (χ1v) is 13.2. The summed E-state index contributed by atoms with van der Waals surface area (Å²) in [5.74, 6) is -0.515. The van der Waals surface area contributed by atoms with Gasteiger partial charge in [-0.25, -0.2) is 21.5 Å². The molecule has 34 heavy (non-hydrogen) atoms. The monoisotopic (exact) mass is 488 g/mol. The second-order valence-electron chi connectivity index (χ2n) is 8.96. The van der Waals surface area contributed by atoms with Gasteiger partial charge in [-0.05, 0) is 61.7 Å². The minimum absolute atomic E-state index is 0.244. The van der Waals surface area contributed by atoms with Gasteiger partial charge in [-0.2, -0.15) is 0 Å². The first kappa shape index (κ1) is 22.8. The van der Waals surface area contributed by atoms with Gasteiger partial charge in [-0.1, -0.05) is 6.07 Å². The molecule has 0 spiro atoms. The van der Waals surface area contributed by atoms with E-state index in [2.05, 4.69) is 5.32 Å². The summed E-state index contributed by atoms with van der Waals surface area (Å²) in [5, 5.41) is 2.96. The maximum absolute atomic E-state index is 14.6. The number of nitrogens with one attached hydrogen (secondary N) is 1. The van der Waals surface area contributed by atoms with Gasteiger partial charge in [0.25, 0.3) is 5.91 Å². The molecule has 2 aromatic heterocycles. The van der Waals surface area contributed by atoms with E-state index in [9.17, 15) is 22.0 Å². The van der Waals surface area contributed by atoms with E-state index in [4.69, 9.17) is 0 Å². The SMILES string of the molecule is CS(=O)(=O)N1CC[C@H](NC(=O)c2ccc3cccc(N4CCC[C@@H]4c4cc(F)ccc4F)n23)C1. The van der Waals surface area contributed by atoms with Crippen LogP contribution in [-0.4, -0.2) is 55.0 Å². The van der Waals surface area contributed by atoms with Crippen LogP contribution >= 0.6 is 0 Å². The molecule has 0 aliphatic carbocycles. The third kappa shape index (κ3) is 4.16. The van der Waals surface area contributed by atoms with Crippen LogP contribution in [0.15, 0.2) is 48.5 Å². The summed E-state index contributed by atoms with van der Waals surface area (Å²) in [6.07, 6.45) is 3.19. The van der Waals surface area contributed by atoms with Crippen molar-refractivity contribution in [3.05, 3.63) is 71.4 Å². The van der Waals surface area contributed by atoms with Gasteiger partial charge in [0.1, 0.15) is 23.1 Å². The number of anilines is 1. The Kier molecular flexibility index (Phi) is 5.81. The summed E-state index contributed by atoms with van der Waals surface area (Å²) in [6, 6.07) is 12.1. The summed E-state index contributed by atoms with van der Waals surface area (Å²) in [4.78, 5) is 15.2. The van der Waals surface area contributed by atoms with Crippen molar-refractivity contribution in [3.63, 3.8) is 0 Å². The minimum atomic E-state index is -3.30. The Labute approximate surface area is 197 Å². The van der Waals surface area contributed by atoms with Crippen LogP contribution in [0.25, 0.3) is 5.52 Å². The highest BCUT2D eigenvalue weighted by Gasteiger charge is 2.32. The third-order valence-corrected chi connectivity index (χ3v) is 7.97. The number of carbonyl (C=O) groups is 1. The van der Waals surface area contributed by atoms with Gasteiger partial charge in [0.05, 0.1) is 12.3 Å². The van der Waals surface area contributed by atoms with Crippen LogP contribution in [0.1, 0.15) is 41.4 Å². The highest BCUT2D eigenvalue weighted by atomic mass is 32.2. The zero-order chi connectivity index (χ0) is 24.0. The fourth-order valence-corrected chi connectivity index (χ4v) is 5.98. The first-order chi connectivity index (χ1) is 16.2. The molecular formula is C24H26F2N4O3S. The number of hydrogen-bond acceptors (Lipinski definition) is 4. The Bertz CT molecular complexity index is 1360. The average molecular weight is 489 g/mol. The molecular weight excluding hydrogens is 462 g/mol. The second kappa shape index (κ2) is 8.66. The molecule has 3 aromatic rings. The molecule has 2 atom stereocenters. The van der Waals surface area contributed by atoms with Gasteiger partial charge in [0.2, 0.25) is 10.0 Å². The Morgan fingerprint density at radius 1 is 1.06 bits per heavy atom. The number of nitrogens with zero attached hydrogens (tertiary/aromatic N) is 3. The van der Waals surface area contributed by atoms with Gasteiger partial charge in [-0.3, -0.25) is 9.20 Å². The van der Waals surface area contributed by atoms with Crippen molar-refractivity contribution >= 4 is 27.3 Å². The Balaban J connectivity index is 1.46. The Morgan fingerprint density at radius 3 is 2.65 bits per heavy atom. The van der Waals surface area contributed by atoms with Crippen molar-refractivity contribution in [2.24, 2.45) is 0 Å². The molecule has 0 radical (unpaired) electrons. The average Bonchev–Trinajstić information content (AvgIpc) is 3.54. The van der Waals surface area contributed by atoms with Crippen molar-refractivity contribution < 1.29 is 22.0 Å². The molecule has 0 saturated carbocycles. The van der Waals surface area contributed by atoms with E-state index in [1.54, 1.807) is 6.07 Å². The van der Waals surface area contributed by atoms with Crippen molar-refractivity contribution in [2.45, 2.75) is 31.3 Å². The number of hydrogen-bond donors (Lipinski definition) is 1. The Hall–Kier alpha value is -2.98. The summed E-state index contributed by atoms with van der Waals surface area (Å²) < 4.78 is 55.3. The molecule has 4 heterocycles. The van der Waals surface area contributed by atoms with Crippen LogP contribution in [0.3, 0.4) is 0 Å². The molecule has 10 heteroatoms. The smallest absolute Gasteiger partial charge is 0.268 e. The molecule has 7 nitrogen and oxygen atoms in total. The van der Waals surface area contributed by atoms with Crippen LogP contribution in [0, 0.1) is 11.6 Å². The van der Waals surface area contributed by atoms with Gasteiger partial charge in [0, 0.05) is 36.8 Å². The molecule has 0 bridgehead atoms. The zero-order valence-electron chi connectivity index (χ0n) is 18.7. The number of benzene rings is 1. The number of pyridine rings is 1. The minimum Gasteiger partial charge on any atom is -0.351 e. The summed E-state index contributed by atoms with van der Waals surface area (Å²) >= 11 is 0. The fraction of sp³-hybridized carbons (Fsp3) is 0.375. The third-order valence-electron chi connectivity index (χ3n) is 6.70. The normalized spacial score (nSPS) is 21.4. The number of rotatable bonds is 5. The van der Waals surface area contributed by atoms with Gasteiger partial charge < -0.3 is 10.2 Å². The number of fused-ring (bicyclic) bond motifs is 1. The van der Waals surface area contributed by atoms with Gasteiger partial charge in [-0.15, -0.1) is 0 Å².